The van der Waals surface area contributed by atoms with Gasteiger partial charge in [0.1, 0.15) is 17.5 Å². The minimum absolute atomic E-state index is 0.130. The summed E-state index contributed by atoms with van der Waals surface area (Å²) in [6, 6.07) is 10.3. The maximum atomic E-state index is 13.7. The number of carbonyl (C=O) groups excluding carboxylic acids is 1. The molecule has 2 N–H and O–H groups in total. The highest BCUT2D eigenvalue weighted by Crippen LogP contribution is 2.21. The summed E-state index contributed by atoms with van der Waals surface area (Å²) in [5.41, 5.74) is 0.590. The average molecular weight is 343 g/mol. The first-order chi connectivity index (χ1) is 12.0. The van der Waals surface area contributed by atoms with Crippen LogP contribution in [-0.4, -0.2) is 10.9 Å². The minimum Gasteiger partial charge on any atom is -0.352 e. The Bertz CT molecular complexity index is 931. The van der Waals surface area contributed by atoms with E-state index in [0.717, 1.165) is 12.1 Å². The van der Waals surface area contributed by atoms with E-state index >= 15 is 0 Å². The van der Waals surface area contributed by atoms with E-state index in [0.29, 0.717) is 11.8 Å². The van der Waals surface area contributed by atoms with Gasteiger partial charge in [-0.2, -0.15) is 0 Å². The average Bonchev–Trinajstić information content (AvgIpc) is 2.60. The number of nitrogens with zero attached hydrogens (tertiary/aromatic N) is 1. The number of nitrogens with one attached hydrogen (secondary N) is 2. The molecular formula is C18H12F3N3O. The van der Waals surface area contributed by atoms with Crippen molar-refractivity contribution in [3.8, 4) is 0 Å². The van der Waals surface area contributed by atoms with E-state index in [1.165, 1.54) is 30.6 Å². The lowest BCUT2D eigenvalue weighted by atomic mass is 10.2. The van der Waals surface area contributed by atoms with Gasteiger partial charge in [-0.25, -0.2) is 13.2 Å². The number of carbonyl (C=O) groups is 1. The quantitative estimate of drug-likeness (QED) is 0.734. The van der Waals surface area contributed by atoms with Gasteiger partial charge in [0.05, 0.1) is 28.8 Å². The third-order valence-electron chi connectivity index (χ3n) is 3.33. The van der Waals surface area contributed by atoms with Crippen molar-refractivity contribution < 1.29 is 18.0 Å². The van der Waals surface area contributed by atoms with Crippen LogP contribution in [0.3, 0.4) is 0 Å². The predicted molar refractivity (Wildman–Crippen MR) is 88.2 cm³/mol. The summed E-state index contributed by atoms with van der Waals surface area (Å²) in [5.74, 6) is -2.71. The predicted octanol–water partition coefficient (Wildman–Crippen LogP) is 4.49. The van der Waals surface area contributed by atoms with Crippen molar-refractivity contribution in [1.82, 2.24) is 4.98 Å². The first-order valence-electron chi connectivity index (χ1n) is 7.26. The van der Waals surface area contributed by atoms with Crippen molar-refractivity contribution >= 4 is 23.0 Å². The molecule has 0 saturated heterocycles. The molecule has 7 heteroatoms. The Morgan fingerprint density at radius 3 is 2.44 bits per heavy atom. The molecule has 4 nitrogen and oxygen atoms in total. The summed E-state index contributed by atoms with van der Waals surface area (Å²) in [7, 11) is 0. The fourth-order valence-electron chi connectivity index (χ4n) is 2.14. The third kappa shape index (κ3) is 3.95. The van der Waals surface area contributed by atoms with E-state index in [4.69, 9.17) is 0 Å². The summed E-state index contributed by atoms with van der Waals surface area (Å²) in [6.45, 7) is 0. The van der Waals surface area contributed by atoms with Crippen molar-refractivity contribution in [3.05, 3.63) is 83.9 Å². The minimum atomic E-state index is -0.887. The Hall–Kier alpha value is -3.35. The maximum Gasteiger partial charge on any atom is 0.257 e. The number of hydrogen-bond donors (Lipinski definition) is 2. The monoisotopic (exact) mass is 343 g/mol. The van der Waals surface area contributed by atoms with Crippen LogP contribution in [0.1, 0.15) is 10.4 Å². The van der Waals surface area contributed by atoms with Crippen LogP contribution in [0.15, 0.2) is 60.9 Å². The van der Waals surface area contributed by atoms with Gasteiger partial charge in [-0.05, 0) is 30.3 Å². The summed E-state index contributed by atoms with van der Waals surface area (Å²) in [5, 5.41) is 5.14. The lowest BCUT2D eigenvalue weighted by Crippen LogP contribution is -2.13. The number of rotatable bonds is 4. The van der Waals surface area contributed by atoms with E-state index in [1.54, 1.807) is 12.1 Å². The Labute approximate surface area is 141 Å². The number of pyridine rings is 1. The highest BCUT2D eigenvalue weighted by Gasteiger charge is 2.11. The van der Waals surface area contributed by atoms with Gasteiger partial charge < -0.3 is 10.6 Å². The molecule has 0 saturated carbocycles. The summed E-state index contributed by atoms with van der Waals surface area (Å²) >= 11 is 0. The third-order valence-corrected chi connectivity index (χ3v) is 3.33. The van der Waals surface area contributed by atoms with Gasteiger partial charge in [0.15, 0.2) is 0 Å². The van der Waals surface area contributed by atoms with Crippen LogP contribution in [-0.2, 0) is 0 Å². The van der Waals surface area contributed by atoms with Crippen molar-refractivity contribution in [2.24, 2.45) is 0 Å². The summed E-state index contributed by atoms with van der Waals surface area (Å²) < 4.78 is 40.2. The van der Waals surface area contributed by atoms with Crippen LogP contribution in [0, 0.1) is 17.5 Å². The number of hydrogen-bond acceptors (Lipinski definition) is 3. The zero-order chi connectivity index (χ0) is 17.8. The Morgan fingerprint density at radius 2 is 1.68 bits per heavy atom. The molecule has 1 aromatic heterocycles. The number of anilines is 3. The maximum absolute atomic E-state index is 13.7. The molecule has 0 fully saturated rings. The summed E-state index contributed by atoms with van der Waals surface area (Å²) in [6.07, 6.45) is 2.70. The van der Waals surface area contributed by atoms with Crippen LogP contribution in [0.4, 0.5) is 30.2 Å². The van der Waals surface area contributed by atoms with Gasteiger partial charge in [0.2, 0.25) is 0 Å². The molecule has 0 aliphatic carbocycles. The lowest BCUT2D eigenvalue weighted by Gasteiger charge is -2.09. The zero-order valence-electron chi connectivity index (χ0n) is 12.8. The highest BCUT2D eigenvalue weighted by atomic mass is 19.1. The molecule has 1 amide bonds. The number of benzene rings is 2. The van der Waals surface area contributed by atoms with Gasteiger partial charge in [0, 0.05) is 12.3 Å². The fourth-order valence-corrected chi connectivity index (χ4v) is 2.14. The van der Waals surface area contributed by atoms with Crippen LogP contribution in [0.5, 0.6) is 0 Å². The molecule has 3 rings (SSSR count). The largest absolute Gasteiger partial charge is 0.352 e. The summed E-state index contributed by atoms with van der Waals surface area (Å²) in [4.78, 5) is 16.1. The van der Waals surface area contributed by atoms with Crippen molar-refractivity contribution in [1.29, 1.82) is 0 Å². The lowest BCUT2D eigenvalue weighted by molar-refractivity contribution is 0.102. The SMILES string of the molecule is O=C(Nc1ccc(F)cc1F)c1cncc(Nc2ccccc2F)c1. The van der Waals surface area contributed by atoms with Gasteiger partial charge in [-0.15, -0.1) is 0 Å². The van der Waals surface area contributed by atoms with Crippen LogP contribution >= 0.6 is 0 Å². The van der Waals surface area contributed by atoms with Gasteiger partial charge in [-0.1, -0.05) is 12.1 Å². The van der Waals surface area contributed by atoms with Crippen molar-refractivity contribution in [3.63, 3.8) is 0 Å². The van der Waals surface area contributed by atoms with E-state index in [-0.39, 0.29) is 16.9 Å². The molecule has 0 aliphatic rings. The van der Waals surface area contributed by atoms with Gasteiger partial charge in [-0.3, -0.25) is 9.78 Å². The number of aromatic nitrogens is 1. The van der Waals surface area contributed by atoms with Gasteiger partial charge in [0.25, 0.3) is 5.91 Å². The Balaban J connectivity index is 1.79. The first kappa shape index (κ1) is 16.5. The smallest absolute Gasteiger partial charge is 0.257 e. The van der Waals surface area contributed by atoms with Crippen LogP contribution < -0.4 is 10.6 Å². The molecule has 0 atom stereocenters. The number of para-hydroxylation sites is 1. The topological polar surface area (TPSA) is 54.0 Å². The molecule has 25 heavy (non-hydrogen) atoms. The molecule has 0 aliphatic heterocycles. The normalized spacial score (nSPS) is 10.4. The molecule has 1 heterocycles. The van der Waals surface area contributed by atoms with E-state index in [2.05, 4.69) is 15.6 Å². The second-order valence-corrected chi connectivity index (χ2v) is 5.15. The fraction of sp³-hybridized carbons (Fsp3) is 0. The van der Waals surface area contributed by atoms with E-state index in [9.17, 15) is 18.0 Å². The Morgan fingerprint density at radius 1 is 0.880 bits per heavy atom. The zero-order valence-corrected chi connectivity index (χ0v) is 12.8. The molecule has 0 unspecified atom stereocenters. The highest BCUT2D eigenvalue weighted by molar-refractivity contribution is 6.04. The first-order valence-corrected chi connectivity index (χ1v) is 7.26. The molecule has 3 aromatic rings. The van der Waals surface area contributed by atoms with E-state index < -0.39 is 23.4 Å². The Kier molecular flexibility index (Phi) is 4.65. The second kappa shape index (κ2) is 7.04. The number of halogens is 3. The molecule has 0 spiro atoms. The van der Waals surface area contributed by atoms with Crippen molar-refractivity contribution in [2.45, 2.75) is 0 Å². The molecule has 0 bridgehead atoms. The van der Waals surface area contributed by atoms with Gasteiger partial charge >= 0.3 is 0 Å². The molecule has 126 valence electrons. The number of amides is 1. The molecular weight excluding hydrogens is 331 g/mol. The van der Waals surface area contributed by atoms with Crippen LogP contribution in [0.25, 0.3) is 0 Å². The molecule has 2 aromatic carbocycles. The van der Waals surface area contributed by atoms with Crippen LogP contribution in [0.2, 0.25) is 0 Å². The van der Waals surface area contributed by atoms with Crippen molar-refractivity contribution in [2.75, 3.05) is 10.6 Å². The van der Waals surface area contributed by atoms with E-state index in [1.807, 2.05) is 0 Å². The second-order valence-electron chi connectivity index (χ2n) is 5.15. The standard InChI is InChI=1S/C18H12F3N3O/c19-12-5-6-17(15(21)8-12)24-18(25)11-7-13(10-22-9-11)23-16-4-2-1-3-14(16)20/h1-10,23H,(H,24,25). The molecule has 0 radical (unpaired) electrons.